The molecule has 0 unspecified atom stereocenters. The highest BCUT2D eigenvalue weighted by Gasteiger charge is 2.22. The summed E-state index contributed by atoms with van der Waals surface area (Å²) in [7, 11) is 0. The smallest absolute Gasteiger partial charge is 0.0462 e. The van der Waals surface area contributed by atoms with Gasteiger partial charge in [0.15, 0.2) is 0 Å². The molecule has 10 rings (SSSR count). The summed E-state index contributed by atoms with van der Waals surface area (Å²) in [6, 6.07) is 57.7. The van der Waals surface area contributed by atoms with Gasteiger partial charge in [-0.3, -0.25) is 0 Å². The summed E-state index contributed by atoms with van der Waals surface area (Å²) in [6.45, 7) is 4.62. The lowest BCUT2D eigenvalue weighted by atomic mass is 9.80. The summed E-state index contributed by atoms with van der Waals surface area (Å²) in [5, 5.41) is 5.07. The highest BCUT2D eigenvalue weighted by atomic mass is 15.1. The number of hydrogen-bond acceptors (Lipinski definition) is 1. The van der Waals surface area contributed by atoms with Gasteiger partial charge >= 0.3 is 0 Å². The quantitative estimate of drug-likeness (QED) is 0.156. The fourth-order valence-electron chi connectivity index (χ4n) is 9.43. The van der Waals surface area contributed by atoms with Crippen LogP contribution in [0.2, 0.25) is 0 Å². The first-order valence-electron chi connectivity index (χ1n) is 21.3. The Balaban J connectivity index is 1.09. The van der Waals surface area contributed by atoms with E-state index in [2.05, 4.69) is 224 Å². The molecule has 60 heavy (non-hydrogen) atoms. The average Bonchev–Trinajstić information content (AvgIpc) is 3.31. The van der Waals surface area contributed by atoms with Crippen molar-refractivity contribution in [1.82, 2.24) is 0 Å². The van der Waals surface area contributed by atoms with Crippen molar-refractivity contribution in [2.24, 2.45) is 0 Å². The second kappa shape index (κ2) is 16.6. The van der Waals surface area contributed by atoms with Gasteiger partial charge in [0.25, 0.3) is 0 Å². The molecule has 3 aliphatic rings. The average molecular weight is 770 g/mol. The Morgan fingerprint density at radius 3 is 1.77 bits per heavy atom. The normalized spacial score (nSPS) is 17.7. The highest BCUT2D eigenvalue weighted by molar-refractivity contribution is 6.10. The summed E-state index contributed by atoms with van der Waals surface area (Å²) in [5.41, 5.74) is 17.2. The predicted molar refractivity (Wildman–Crippen MR) is 257 cm³/mol. The first-order chi connectivity index (χ1) is 29.7. The predicted octanol–water partition coefficient (Wildman–Crippen LogP) is 14.3. The third-order valence-corrected chi connectivity index (χ3v) is 12.2. The van der Waals surface area contributed by atoms with Gasteiger partial charge in [0.05, 0.1) is 0 Å². The molecular weight excluding hydrogens is 723 g/mol. The van der Waals surface area contributed by atoms with Gasteiger partial charge in [-0.05, 0) is 151 Å². The fourth-order valence-corrected chi connectivity index (χ4v) is 9.43. The number of anilines is 3. The summed E-state index contributed by atoms with van der Waals surface area (Å²) >= 11 is 0. The molecule has 0 fully saturated rings. The van der Waals surface area contributed by atoms with E-state index < -0.39 is 0 Å². The minimum absolute atomic E-state index is 0.870. The number of benzene rings is 7. The van der Waals surface area contributed by atoms with Crippen molar-refractivity contribution in [3.05, 3.63) is 251 Å². The van der Waals surface area contributed by atoms with Crippen LogP contribution in [0.1, 0.15) is 42.4 Å². The largest absolute Gasteiger partial charge is 0.311 e. The summed E-state index contributed by atoms with van der Waals surface area (Å²) in [4.78, 5) is 2.36. The van der Waals surface area contributed by atoms with Crippen LogP contribution in [0.5, 0.6) is 0 Å². The van der Waals surface area contributed by atoms with E-state index in [-0.39, 0.29) is 0 Å². The summed E-state index contributed by atoms with van der Waals surface area (Å²) < 4.78 is 0. The molecule has 3 aliphatic carbocycles. The zero-order valence-corrected chi connectivity index (χ0v) is 33.9. The zero-order chi connectivity index (χ0) is 40.3. The molecule has 0 spiro atoms. The molecule has 0 aliphatic heterocycles. The molecule has 0 radical (unpaired) electrons. The van der Waals surface area contributed by atoms with E-state index in [0.717, 1.165) is 65.9 Å². The second-order valence-electron chi connectivity index (χ2n) is 15.8. The molecule has 288 valence electrons. The Hall–Kier alpha value is -7.22. The molecule has 0 amide bonds. The van der Waals surface area contributed by atoms with Gasteiger partial charge in [-0.15, -0.1) is 0 Å². The van der Waals surface area contributed by atoms with Gasteiger partial charge in [-0.2, -0.15) is 0 Å². The van der Waals surface area contributed by atoms with Crippen molar-refractivity contribution >= 4 is 45.1 Å². The number of allylic oxidation sites excluding steroid dienone is 10. The first-order valence-corrected chi connectivity index (χ1v) is 21.3. The lowest BCUT2D eigenvalue weighted by Crippen LogP contribution is -2.30. The second-order valence-corrected chi connectivity index (χ2v) is 15.8. The molecule has 0 aromatic heterocycles. The van der Waals surface area contributed by atoms with E-state index >= 15 is 0 Å². The summed E-state index contributed by atoms with van der Waals surface area (Å²) in [5.74, 6) is 0. The standard InChI is InChI=1S/C59H47N/c1-42-20-6-2-13-27-50(43-21-7-3-8-22-43)51-28-14-15-29-52(51)57(42)45-34-38-48(39-35-45)60(47-25-11-5-12-26-47)49-40-36-46(37-41-49)59-55-32-18-16-30-53(55)58(44-23-9-4-10-24-44)54-31-17-19-33-56(54)59/h2,4-7,9-16,18-26,28-30,32-41H,1,3,8,17,27,31H2/b13-2-,20-6-,51-50+,57-52+. The van der Waals surface area contributed by atoms with Gasteiger partial charge in [0.2, 0.25) is 0 Å². The molecular formula is C59H47N. The molecule has 7 aromatic rings. The topological polar surface area (TPSA) is 3.24 Å². The first kappa shape index (κ1) is 37.1. The lowest BCUT2D eigenvalue weighted by Gasteiger charge is -2.27. The van der Waals surface area contributed by atoms with Crippen molar-refractivity contribution < 1.29 is 0 Å². The number of para-hydroxylation sites is 1. The van der Waals surface area contributed by atoms with Gasteiger partial charge < -0.3 is 4.90 Å². The SMILES string of the molecule is C=C1/C=C\C=C/C/C(C2=CCCC=C2)=c2/cccc/c2=C/1c1ccc(N(c2ccccc2)c2ccc(-c3c4c(c(-c5ccccc5)c5ccccc35)CCC=C4)cc2)cc1. The van der Waals surface area contributed by atoms with E-state index in [1.54, 1.807) is 0 Å². The van der Waals surface area contributed by atoms with Crippen LogP contribution >= 0.6 is 0 Å². The van der Waals surface area contributed by atoms with Gasteiger partial charge in [0.1, 0.15) is 0 Å². The van der Waals surface area contributed by atoms with Crippen LogP contribution in [0.15, 0.2) is 224 Å². The van der Waals surface area contributed by atoms with Gasteiger partial charge in [-0.1, -0.05) is 183 Å². The van der Waals surface area contributed by atoms with Crippen LogP contribution in [0, 0.1) is 0 Å². The van der Waals surface area contributed by atoms with E-state index in [1.807, 2.05) is 0 Å². The van der Waals surface area contributed by atoms with Crippen LogP contribution < -0.4 is 15.3 Å². The minimum Gasteiger partial charge on any atom is -0.311 e. The Morgan fingerprint density at radius 1 is 0.450 bits per heavy atom. The number of hydrogen-bond donors (Lipinski definition) is 0. The third-order valence-electron chi connectivity index (χ3n) is 12.2. The molecule has 0 N–H and O–H groups in total. The van der Waals surface area contributed by atoms with Crippen LogP contribution in [-0.2, 0) is 6.42 Å². The molecule has 0 saturated carbocycles. The molecule has 0 heterocycles. The minimum atomic E-state index is 0.870. The van der Waals surface area contributed by atoms with Crippen molar-refractivity contribution in [1.29, 1.82) is 0 Å². The van der Waals surface area contributed by atoms with Crippen LogP contribution in [0.3, 0.4) is 0 Å². The number of rotatable bonds is 7. The maximum Gasteiger partial charge on any atom is 0.0462 e. The van der Waals surface area contributed by atoms with Crippen LogP contribution in [-0.4, -0.2) is 0 Å². The molecule has 0 bridgehead atoms. The van der Waals surface area contributed by atoms with Crippen molar-refractivity contribution in [3.63, 3.8) is 0 Å². The molecule has 7 aromatic carbocycles. The van der Waals surface area contributed by atoms with E-state index in [1.165, 1.54) is 65.7 Å². The molecule has 1 heteroatoms. The molecule has 0 saturated heterocycles. The maximum absolute atomic E-state index is 4.62. The lowest BCUT2D eigenvalue weighted by molar-refractivity contribution is 0.991. The van der Waals surface area contributed by atoms with Crippen molar-refractivity contribution in [3.8, 4) is 22.3 Å². The monoisotopic (exact) mass is 769 g/mol. The van der Waals surface area contributed by atoms with E-state index in [0.29, 0.717) is 0 Å². The number of nitrogens with zero attached hydrogens (tertiary/aromatic N) is 1. The molecule has 1 nitrogen and oxygen atoms in total. The van der Waals surface area contributed by atoms with Crippen LogP contribution in [0.4, 0.5) is 17.1 Å². The molecule has 0 atom stereocenters. The Labute approximate surface area is 354 Å². The van der Waals surface area contributed by atoms with Gasteiger partial charge in [-0.25, -0.2) is 0 Å². The van der Waals surface area contributed by atoms with E-state index in [4.69, 9.17) is 0 Å². The van der Waals surface area contributed by atoms with Crippen molar-refractivity contribution in [2.45, 2.75) is 32.1 Å². The number of fused-ring (bicyclic) bond motifs is 3. The summed E-state index contributed by atoms with van der Waals surface area (Å²) in [6.07, 6.45) is 25.5. The van der Waals surface area contributed by atoms with Crippen molar-refractivity contribution in [2.75, 3.05) is 4.90 Å². The van der Waals surface area contributed by atoms with Gasteiger partial charge in [0, 0.05) is 17.1 Å². The van der Waals surface area contributed by atoms with Crippen LogP contribution in [0.25, 0.3) is 50.2 Å². The Kier molecular flexibility index (Phi) is 10.2. The zero-order valence-electron chi connectivity index (χ0n) is 33.9. The Morgan fingerprint density at radius 2 is 1.05 bits per heavy atom. The maximum atomic E-state index is 4.62. The Bertz CT molecular complexity index is 3030. The highest BCUT2D eigenvalue weighted by Crippen LogP contribution is 2.45. The van der Waals surface area contributed by atoms with E-state index in [9.17, 15) is 0 Å². The fraction of sp³-hybridized carbons (Fsp3) is 0.0847. The third kappa shape index (κ3) is 7.03.